The van der Waals surface area contributed by atoms with Gasteiger partial charge in [-0.1, -0.05) is 50.6 Å². The molecule has 1 fully saturated rings. The molecule has 1 aromatic carbocycles. The lowest BCUT2D eigenvalue weighted by atomic mass is 9.88. The zero-order chi connectivity index (χ0) is 13.7. The highest BCUT2D eigenvalue weighted by molar-refractivity contribution is 5.18. The van der Waals surface area contributed by atoms with E-state index in [1.807, 2.05) is 0 Å². The van der Waals surface area contributed by atoms with Crippen molar-refractivity contribution in [3.05, 3.63) is 35.9 Å². The molecule has 3 unspecified atom stereocenters. The molecule has 1 aliphatic heterocycles. The first-order valence-electron chi connectivity index (χ1n) is 7.78. The summed E-state index contributed by atoms with van der Waals surface area (Å²) in [7, 11) is 0. The summed E-state index contributed by atoms with van der Waals surface area (Å²) in [6.45, 7) is 10.4. The first-order chi connectivity index (χ1) is 9.26. The van der Waals surface area contributed by atoms with Crippen LogP contribution in [0, 0.1) is 5.92 Å². The first kappa shape index (κ1) is 14.5. The average Bonchev–Trinajstić information content (AvgIpc) is 2.48. The second-order valence-corrected chi connectivity index (χ2v) is 5.70. The van der Waals surface area contributed by atoms with Crippen LogP contribution in [0.4, 0.5) is 0 Å². The monoisotopic (exact) mass is 260 g/mol. The lowest BCUT2D eigenvalue weighted by molar-refractivity contribution is 0.102. The lowest BCUT2D eigenvalue weighted by Gasteiger charge is -2.41. The van der Waals surface area contributed by atoms with Gasteiger partial charge < -0.3 is 5.32 Å². The zero-order valence-corrected chi connectivity index (χ0v) is 12.6. The minimum Gasteiger partial charge on any atom is -0.314 e. The summed E-state index contributed by atoms with van der Waals surface area (Å²) in [5, 5.41) is 3.66. The Hall–Kier alpha value is -0.860. The predicted octanol–water partition coefficient (Wildman–Crippen LogP) is 3.46. The van der Waals surface area contributed by atoms with E-state index in [1.165, 1.54) is 31.5 Å². The third kappa shape index (κ3) is 3.58. The van der Waals surface area contributed by atoms with Crippen molar-refractivity contribution in [3.63, 3.8) is 0 Å². The Morgan fingerprint density at radius 3 is 2.63 bits per heavy atom. The summed E-state index contributed by atoms with van der Waals surface area (Å²) in [6, 6.07) is 12.2. The summed E-state index contributed by atoms with van der Waals surface area (Å²) in [5.41, 5.74) is 1.44. The van der Waals surface area contributed by atoms with Gasteiger partial charge in [-0.15, -0.1) is 0 Å². The fourth-order valence-electron chi connectivity index (χ4n) is 3.30. The van der Waals surface area contributed by atoms with Crippen molar-refractivity contribution in [3.8, 4) is 0 Å². The van der Waals surface area contributed by atoms with Crippen LogP contribution in [0.5, 0.6) is 0 Å². The van der Waals surface area contributed by atoms with Crippen molar-refractivity contribution >= 4 is 0 Å². The molecule has 2 nitrogen and oxygen atoms in total. The lowest BCUT2D eigenvalue weighted by Crippen LogP contribution is -2.49. The molecule has 0 saturated carbocycles. The van der Waals surface area contributed by atoms with E-state index in [1.54, 1.807) is 0 Å². The number of likely N-dealkylation sites (tertiary alicyclic amines) is 1. The molecular weight excluding hydrogens is 232 g/mol. The largest absolute Gasteiger partial charge is 0.314 e. The predicted molar refractivity (Wildman–Crippen MR) is 82.3 cm³/mol. The fourth-order valence-corrected chi connectivity index (χ4v) is 3.30. The fraction of sp³-hybridized carbons (Fsp3) is 0.647. The molecule has 19 heavy (non-hydrogen) atoms. The summed E-state index contributed by atoms with van der Waals surface area (Å²) in [4.78, 5) is 2.65. The van der Waals surface area contributed by atoms with Crippen molar-refractivity contribution < 1.29 is 0 Å². The average molecular weight is 260 g/mol. The van der Waals surface area contributed by atoms with Gasteiger partial charge in [-0.2, -0.15) is 0 Å². The number of nitrogens with one attached hydrogen (secondary N) is 1. The maximum absolute atomic E-state index is 3.66. The normalized spacial score (nSPS) is 26.3. The molecule has 1 aromatic rings. The van der Waals surface area contributed by atoms with Crippen molar-refractivity contribution in [2.45, 2.75) is 45.7 Å². The van der Waals surface area contributed by atoms with E-state index in [0.29, 0.717) is 12.1 Å². The van der Waals surface area contributed by atoms with Gasteiger partial charge in [0.2, 0.25) is 0 Å². The van der Waals surface area contributed by atoms with E-state index < -0.39 is 0 Å². The molecule has 106 valence electrons. The number of hydrogen-bond donors (Lipinski definition) is 1. The van der Waals surface area contributed by atoms with E-state index in [-0.39, 0.29) is 0 Å². The maximum Gasteiger partial charge on any atom is 0.0320 e. The molecule has 0 bridgehead atoms. The molecule has 0 spiro atoms. The number of piperidine rings is 1. The Morgan fingerprint density at radius 2 is 2.00 bits per heavy atom. The van der Waals surface area contributed by atoms with Crippen LogP contribution in [0.1, 0.15) is 45.2 Å². The smallest absolute Gasteiger partial charge is 0.0320 e. The van der Waals surface area contributed by atoms with E-state index in [0.717, 1.165) is 12.5 Å². The van der Waals surface area contributed by atoms with Gasteiger partial charge in [0.1, 0.15) is 0 Å². The van der Waals surface area contributed by atoms with Crippen molar-refractivity contribution in [1.82, 2.24) is 10.2 Å². The highest BCUT2D eigenvalue weighted by Crippen LogP contribution is 2.28. The Balaban J connectivity index is 1.99. The molecule has 0 radical (unpaired) electrons. The number of hydrogen-bond acceptors (Lipinski definition) is 2. The number of rotatable bonds is 5. The summed E-state index contributed by atoms with van der Waals surface area (Å²) < 4.78 is 0. The van der Waals surface area contributed by atoms with Crippen LogP contribution in [-0.4, -0.2) is 30.6 Å². The molecule has 0 aliphatic carbocycles. The van der Waals surface area contributed by atoms with Gasteiger partial charge in [0, 0.05) is 25.2 Å². The molecule has 0 amide bonds. The molecule has 1 saturated heterocycles. The number of nitrogens with zero attached hydrogens (tertiary/aromatic N) is 1. The summed E-state index contributed by atoms with van der Waals surface area (Å²) in [5.74, 6) is 0.792. The van der Waals surface area contributed by atoms with Crippen LogP contribution in [0.2, 0.25) is 0 Å². The zero-order valence-electron chi connectivity index (χ0n) is 12.6. The van der Waals surface area contributed by atoms with Gasteiger partial charge in [-0.25, -0.2) is 0 Å². The van der Waals surface area contributed by atoms with E-state index in [4.69, 9.17) is 0 Å². The molecule has 3 atom stereocenters. The van der Waals surface area contributed by atoms with Gasteiger partial charge in [0.05, 0.1) is 0 Å². The molecule has 2 rings (SSSR count). The van der Waals surface area contributed by atoms with Crippen molar-refractivity contribution in [2.24, 2.45) is 5.92 Å². The third-order valence-electron chi connectivity index (χ3n) is 4.59. The third-order valence-corrected chi connectivity index (χ3v) is 4.59. The van der Waals surface area contributed by atoms with Crippen LogP contribution < -0.4 is 5.32 Å². The highest BCUT2D eigenvalue weighted by atomic mass is 15.2. The van der Waals surface area contributed by atoms with Gasteiger partial charge in [0.25, 0.3) is 0 Å². The Bertz CT molecular complexity index is 363. The van der Waals surface area contributed by atoms with Crippen molar-refractivity contribution in [1.29, 1.82) is 0 Å². The van der Waals surface area contributed by atoms with Gasteiger partial charge >= 0.3 is 0 Å². The van der Waals surface area contributed by atoms with E-state index in [2.05, 4.69) is 61.3 Å². The van der Waals surface area contributed by atoms with Crippen LogP contribution in [0.15, 0.2) is 30.3 Å². The molecule has 2 heteroatoms. The first-order valence-corrected chi connectivity index (χ1v) is 7.78. The Kier molecular flexibility index (Phi) is 5.41. The van der Waals surface area contributed by atoms with Gasteiger partial charge in [-0.3, -0.25) is 4.90 Å². The molecule has 1 heterocycles. The van der Waals surface area contributed by atoms with Crippen LogP contribution >= 0.6 is 0 Å². The second-order valence-electron chi connectivity index (χ2n) is 5.70. The maximum atomic E-state index is 3.66. The van der Waals surface area contributed by atoms with E-state index >= 15 is 0 Å². The van der Waals surface area contributed by atoms with Crippen molar-refractivity contribution in [2.75, 3.05) is 19.6 Å². The Morgan fingerprint density at radius 1 is 1.26 bits per heavy atom. The van der Waals surface area contributed by atoms with Crippen LogP contribution in [0.25, 0.3) is 0 Å². The highest BCUT2D eigenvalue weighted by Gasteiger charge is 2.29. The summed E-state index contributed by atoms with van der Waals surface area (Å²) in [6.07, 6.45) is 2.55. The standard InChI is InChI=1S/C17H28N2/c1-4-15-13-19(12-11-17(15)18-5-2)14(3)16-9-7-6-8-10-16/h6-10,14-15,17-18H,4-5,11-13H2,1-3H3. The van der Waals surface area contributed by atoms with Gasteiger partial charge in [-0.05, 0) is 31.4 Å². The molecular formula is C17H28N2. The quantitative estimate of drug-likeness (QED) is 0.872. The molecule has 1 N–H and O–H groups in total. The van der Waals surface area contributed by atoms with Crippen LogP contribution in [-0.2, 0) is 0 Å². The minimum atomic E-state index is 0.540. The molecule has 0 aromatic heterocycles. The second kappa shape index (κ2) is 7.06. The molecule has 1 aliphatic rings. The van der Waals surface area contributed by atoms with Gasteiger partial charge in [0.15, 0.2) is 0 Å². The topological polar surface area (TPSA) is 15.3 Å². The van der Waals surface area contributed by atoms with E-state index in [9.17, 15) is 0 Å². The number of benzene rings is 1. The Labute approximate surface area is 118 Å². The summed E-state index contributed by atoms with van der Waals surface area (Å²) >= 11 is 0. The SMILES string of the molecule is CCNC1CCN(C(C)c2ccccc2)CC1CC. The van der Waals surface area contributed by atoms with Crippen LogP contribution in [0.3, 0.4) is 0 Å². The minimum absolute atomic E-state index is 0.540.